The molecule has 0 aromatic heterocycles. The average Bonchev–Trinajstić information content (AvgIpc) is 3.22. The van der Waals surface area contributed by atoms with Gasteiger partial charge in [0.25, 0.3) is 0 Å². The number of unbranched alkanes of at least 4 members (excludes halogenated alkanes) is 13. The van der Waals surface area contributed by atoms with Crippen LogP contribution in [0.3, 0.4) is 0 Å². The van der Waals surface area contributed by atoms with Crippen molar-refractivity contribution in [1.82, 2.24) is 0 Å². The fraction of sp³-hybridized carbons (Fsp3) is 0.673. The molecule has 9 heteroatoms. The zero-order chi connectivity index (χ0) is 44.9. The number of quaternary nitrogens is 1. The van der Waals surface area contributed by atoms with Crippen LogP contribution in [-0.4, -0.2) is 82.3 Å². The molecule has 2 unspecified atom stereocenters. The molecule has 0 radical (unpaired) electrons. The van der Waals surface area contributed by atoms with Crippen LogP contribution in [0.25, 0.3) is 0 Å². The lowest BCUT2D eigenvalue weighted by molar-refractivity contribution is -0.870. The van der Waals surface area contributed by atoms with Gasteiger partial charge in [0.05, 0.1) is 40.3 Å². The minimum Gasteiger partial charge on any atom is -0.545 e. The highest BCUT2D eigenvalue weighted by Gasteiger charge is 2.21. The van der Waals surface area contributed by atoms with Crippen LogP contribution >= 0.6 is 0 Å². The van der Waals surface area contributed by atoms with Crippen LogP contribution in [0.15, 0.2) is 85.1 Å². The molecule has 0 saturated heterocycles. The zero-order valence-corrected chi connectivity index (χ0v) is 39.2. The predicted molar refractivity (Wildman–Crippen MR) is 251 cm³/mol. The third-order valence-electron chi connectivity index (χ3n) is 9.66. The van der Waals surface area contributed by atoms with E-state index in [1.807, 2.05) is 21.1 Å². The number of ether oxygens (including phenoxy) is 4. The van der Waals surface area contributed by atoms with E-state index >= 15 is 0 Å². The van der Waals surface area contributed by atoms with E-state index < -0.39 is 24.3 Å². The molecule has 348 valence electrons. The fourth-order valence-corrected chi connectivity index (χ4v) is 5.98. The van der Waals surface area contributed by atoms with Gasteiger partial charge in [0, 0.05) is 12.8 Å². The van der Waals surface area contributed by atoms with E-state index in [9.17, 15) is 19.5 Å². The molecule has 0 saturated carbocycles. The molecule has 0 N–H and O–H groups in total. The number of hydrogen-bond acceptors (Lipinski definition) is 8. The van der Waals surface area contributed by atoms with Crippen molar-refractivity contribution in [3.63, 3.8) is 0 Å². The first-order valence-corrected chi connectivity index (χ1v) is 23.7. The molecule has 0 spiro atoms. The van der Waals surface area contributed by atoms with Gasteiger partial charge in [0.1, 0.15) is 13.2 Å². The van der Waals surface area contributed by atoms with Crippen LogP contribution in [0, 0.1) is 0 Å². The first-order chi connectivity index (χ1) is 29.6. The highest BCUT2D eigenvalue weighted by Crippen LogP contribution is 2.13. The number of allylic oxidation sites excluding steroid dienone is 14. The second-order valence-electron chi connectivity index (χ2n) is 16.7. The molecule has 0 amide bonds. The molecular weight excluding hydrogens is 767 g/mol. The number of aliphatic carboxylic acids is 1. The van der Waals surface area contributed by atoms with Crippen LogP contribution in [0.5, 0.6) is 0 Å². The number of carboxylic acids is 1. The maximum absolute atomic E-state index is 12.8. The molecule has 61 heavy (non-hydrogen) atoms. The highest BCUT2D eigenvalue weighted by molar-refractivity contribution is 5.70. The van der Waals surface area contributed by atoms with Gasteiger partial charge in [-0.15, -0.1) is 0 Å². The molecule has 0 heterocycles. The fourth-order valence-electron chi connectivity index (χ4n) is 5.98. The number of likely N-dealkylation sites (N-methyl/N-ethyl adjacent to an activating group) is 1. The molecular formula is C52H87NO8. The number of rotatable bonds is 42. The standard InChI is InChI=1S/C52H87NO8/c1-6-8-10-12-14-16-17-18-19-20-21-22-23-24-25-26-27-28-29-30-31-32-33-35-37-39-41-43-50(55)61-48(47-60-52(51(56)57)58-45-44-53(3,4)5)46-59-49(54)42-40-38-36-34-15-13-11-9-7-2/h8,10,14,16,18-19,21-22,24-25,27-28,30-31,48,52H,6-7,9,11-13,15,17,20,23,26,29,32-47H2,1-5H3/b10-8-,16-14-,19-18-,22-21-,25-24-,28-27-,31-30-. The normalized spacial score (nSPS) is 13.7. The van der Waals surface area contributed by atoms with E-state index in [1.165, 1.54) is 38.5 Å². The molecule has 2 atom stereocenters. The van der Waals surface area contributed by atoms with E-state index in [0.29, 0.717) is 17.4 Å². The first kappa shape index (κ1) is 57.5. The number of carbonyl (C=O) groups excluding carboxylic acids is 3. The number of carboxylic acid groups (broad SMARTS) is 1. The Hall–Kier alpha value is -3.53. The predicted octanol–water partition coefficient (Wildman–Crippen LogP) is 11.6. The third-order valence-corrected chi connectivity index (χ3v) is 9.66. The van der Waals surface area contributed by atoms with E-state index in [2.05, 4.69) is 98.9 Å². The summed E-state index contributed by atoms with van der Waals surface area (Å²) in [6, 6.07) is 0. The second-order valence-corrected chi connectivity index (χ2v) is 16.7. The summed E-state index contributed by atoms with van der Waals surface area (Å²) in [5.41, 5.74) is 0. The molecule has 9 nitrogen and oxygen atoms in total. The van der Waals surface area contributed by atoms with Crippen molar-refractivity contribution in [2.75, 3.05) is 47.5 Å². The van der Waals surface area contributed by atoms with Crippen LogP contribution in [-0.2, 0) is 33.3 Å². The van der Waals surface area contributed by atoms with Crippen molar-refractivity contribution in [2.24, 2.45) is 0 Å². The Labute approximate surface area is 372 Å². The van der Waals surface area contributed by atoms with E-state index in [0.717, 1.165) is 96.3 Å². The summed E-state index contributed by atoms with van der Waals surface area (Å²) in [4.78, 5) is 36.9. The lowest BCUT2D eigenvalue weighted by Gasteiger charge is -2.26. The van der Waals surface area contributed by atoms with Gasteiger partial charge in [-0.1, -0.05) is 170 Å². The summed E-state index contributed by atoms with van der Waals surface area (Å²) in [5.74, 6) is -2.32. The van der Waals surface area contributed by atoms with Crippen molar-refractivity contribution >= 4 is 17.9 Å². The third kappa shape index (κ3) is 44.3. The Morgan fingerprint density at radius 1 is 0.508 bits per heavy atom. The highest BCUT2D eigenvalue weighted by atomic mass is 16.7. The van der Waals surface area contributed by atoms with E-state index in [-0.39, 0.29) is 38.6 Å². The van der Waals surface area contributed by atoms with Crippen LogP contribution in [0.4, 0.5) is 0 Å². The molecule has 0 aromatic carbocycles. The van der Waals surface area contributed by atoms with Gasteiger partial charge >= 0.3 is 11.9 Å². The van der Waals surface area contributed by atoms with E-state index in [4.69, 9.17) is 18.9 Å². The quantitative estimate of drug-likeness (QED) is 0.0196. The second kappa shape index (κ2) is 43.1. The lowest BCUT2D eigenvalue weighted by atomic mass is 10.1. The Kier molecular flexibility index (Phi) is 40.6. The number of esters is 2. The monoisotopic (exact) mass is 854 g/mol. The van der Waals surface area contributed by atoms with Gasteiger partial charge < -0.3 is 33.3 Å². The Morgan fingerprint density at radius 3 is 1.39 bits per heavy atom. The summed E-state index contributed by atoms with van der Waals surface area (Å²) in [5, 5.41) is 11.7. The number of carbonyl (C=O) groups is 3. The number of hydrogen-bond donors (Lipinski definition) is 0. The topological polar surface area (TPSA) is 111 Å². The van der Waals surface area contributed by atoms with Gasteiger partial charge in [-0.25, -0.2) is 0 Å². The molecule has 0 aliphatic heterocycles. The molecule has 0 fully saturated rings. The summed E-state index contributed by atoms with van der Waals surface area (Å²) < 4.78 is 22.5. The Morgan fingerprint density at radius 2 is 0.934 bits per heavy atom. The minimum atomic E-state index is -1.63. The summed E-state index contributed by atoms with van der Waals surface area (Å²) >= 11 is 0. The van der Waals surface area contributed by atoms with Crippen LogP contribution in [0.1, 0.15) is 168 Å². The van der Waals surface area contributed by atoms with Crippen molar-refractivity contribution in [1.29, 1.82) is 0 Å². The molecule has 0 aromatic rings. The minimum absolute atomic E-state index is 0.140. The summed E-state index contributed by atoms with van der Waals surface area (Å²) in [6.45, 7) is 4.55. The maximum Gasteiger partial charge on any atom is 0.306 e. The van der Waals surface area contributed by atoms with Crippen molar-refractivity contribution in [3.8, 4) is 0 Å². The van der Waals surface area contributed by atoms with Gasteiger partial charge in [-0.05, 0) is 70.6 Å². The molecule has 0 aliphatic carbocycles. The Bertz CT molecular complexity index is 1270. The smallest absolute Gasteiger partial charge is 0.306 e. The van der Waals surface area contributed by atoms with Crippen molar-refractivity contribution in [2.45, 2.75) is 180 Å². The average molecular weight is 854 g/mol. The zero-order valence-electron chi connectivity index (χ0n) is 39.2. The Balaban J connectivity index is 4.35. The molecule has 0 rings (SSSR count). The maximum atomic E-state index is 12.8. The molecule has 0 bridgehead atoms. The van der Waals surface area contributed by atoms with Crippen molar-refractivity contribution in [3.05, 3.63) is 85.1 Å². The SMILES string of the molecule is CC/C=C\C/C=C\C/C=C\C/C=C\C/C=C\C/C=C\C/C=C\CCCCCCCC(=O)OC(COC(=O)CCCCCCCCCCC)COC(OCC[N+](C)(C)C)C(=O)[O-]. The van der Waals surface area contributed by atoms with E-state index in [1.54, 1.807) is 0 Å². The summed E-state index contributed by atoms with van der Waals surface area (Å²) in [7, 11) is 5.89. The largest absolute Gasteiger partial charge is 0.545 e. The lowest BCUT2D eigenvalue weighted by Crippen LogP contribution is -2.44. The first-order valence-electron chi connectivity index (χ1n) is 23.7. The van der Waals surface area contributed by atoms with Crippen LogP contribution in [0.2, 0.25) is 0 Å². The van der Waals surface area contributed by atoms with Crippen LogP contribution < -0.4 is 5.11 Å². The molecule has 0 aliphatic rings. The van der Waals surface area contributed by atoms with Gasteiger partial charge in [0.2, 0.25) is 0 Å². The summed E-state index contributed by atoms with van der Waals surface area (Å²) in [6.07, 6.45) is 52.0. The van der Waals surface area contributed by atoms with Gasteiger partial charge in [0.15, 0.2) is 12.4 Å². The number of nitrogens with zero attached hydrogens (tertiary/aromatic N) is 1. The van der Waals surface area contributed by atoms with Gasteiger partial charge in [-0.3, -0.25) is 9.59 Å². The van der Waals surface area contributed by atoms with Gasteiger partial charge in [-0.2, -0.15) is 0 Å². The van der Waals surface area contributed by atoms with Crippen molar-refractivity contribution < 1.29 is 42.9 Å².